The molecular weight excluding hydrogens is 242 g/mol. The molecule has 1 aliphatic heterocycles. The maximum absolute atomic E-state index is 11.8. The van der Waals surface area contributed by atoms with E-state index in [1.54, 1.807) is 0 Å². The van der Waals surface area contributed by atoms with Crippen LogP contribution in [0.15, 0.2) is 24.3 Å². The van der Waals surface area contributed by atoms with Crippen molar-refractivity contribution in [2.45, 2.75) is 25.8 Å². The fourth-order valence-electron chi connectivity index (χ4n) is 2.03. The maximum atomic E-state index is 11.8. The number of carbonyl (C=O) groups is 2. The van der Waals surface area contributed by atoms with E-state index in [1.807, 2.05) is 24.3 Å². The van der Waals surface area contributed by atoms with Crippen LogP contribution in [-0.2, 0) is 16.0 Å². The van der Waals surface area contributed by atoms with Crippen LogP contribution in [0.2, 0.25) is 0 Å². The lowest BCUT2D eigenvalue weighted by atomic mass is 10.1. The molecule has 0 unspecified atom stereocenters. The third-order valence-electron chi connectivity index (χ3n) is 3.17. The smallest absolute Gasteiger partial charge is 0.237 e. The van der Waals surface area contributed by atoms with Crippen LogP contribution in [0.3, 0.4) is 0 Å². The fourth-order valence-corrected chi connectivity index (χ4v) is 2.03. The molecule has 5 nitrogen and oxygen atoms in total. The molecule has 1 saturated heterocycles. The molecule has 0 aromatic heterocycles. The van der Waals surface area contributed by atoms with Crippen LogP contribution >= 0.6 is 0 Å². The third-order valence-corrected chi connectivity index (χ3v) is 3.17. The lowest BCUT2D eigenvalue weighted by molar-refractivity contribution is -0.127. The number of rotatable bonds is 4. The van der Waals surface area contributed by atoms with Gasteiger partial charge in [-0.05, 0) is 24.1 Å². The minimum absolute atomic E-state index is 0.109. The molecule has 5 heteroatoms. The summed E-state index contributed by atoms with van der Waals surface area (Å²) in [6, 6.07) is 7.31. The Bertz CT molecular complexity index is 456. The average Bonchev–Trinajstić information content (AvgIpc) is 2.42. The molecule has 1 aromatic carbocycles. The van der Waals surface area contributed by atoms with Gasteiger partial charge < -0.3 is 16.0 Å². The standard InChI is InChI=1S/C14H19N3O2/c1-2-10-3-5-11(6-4-10)17-13(18)9-12-14(19)16-8-7-15-12/h3-6,12,15H,2,7-9H2,1H3,(H,16,19)(H,17,18)/t12-/m1/s1. The molecule has 1 fully saturated rings. The molecule has 2 rings (SSSR count). The Balaban J connectivity index is 1.87. The van der Waals surface area contributed by atoms with Gasteiger partial charge in [0.05, 0.1) is 12.5 Å². The van der Waals surface area contributed by atoms with Crippen molar-refractivity contribution in [1.82, 2.24) is 10.6 Å². The van der Waals surface area contributed by atoms with Crippen molar-refractivity contribution in [2.75, 3.05) is 18.4 Å². The summed E-state index contributed by atoms with van der Waals surface area (Å²) < 4.78 is 0. The van der Waals surface area contributed by atoms with Crippen LogP contribution < -0.4 is 16.0 Å². The monoisotopic (exact) mass is 261 g/mol. The summed E-state index contributed by atoms with van der Waals surface area (Å²) in [7, 11) is 0. The summed E-state index contributed by atoms with van der Waals surface area (Å²) in [5, 5.41) is 8.57. The number of anilines is 1. The molecule has 19 heavy (non-hydrogen) atoms. The zero-order valence-corrected chi connectivity index (χ0v) is 11.0. The first-order valence-electron chi connectivity index (χ1n) is 6.59. The first-order valence-corrected chi connectivity index (χ1v) is 6.59. The molecular formula is C14H19N3O2. The predicted molar refractivity (Wildman–Crippen MR) is 73.9 cm³/mol. The average molecular weight is 261 g/mol. The highest BCUT2D eigenvalue weighted by Gasteiger charge is 2.23. The Morgan fingerprint density at radius 3 is 2.68 bits per heavy atom. The maximum Gasteiger partial charge on any atom is 0.237 e. The Labute approximate surface area is 112 Å². The molecule has 1 aromatic rings. The first kappa shape index (κ1) is 13.5. The van der Waals surface area contributed by atoms with E-state index in [-0.39, 0.29) is 18.2 Å². The van der Waals surface area contributed by atoms with Gasteiger partial charge in [0.25, 0.3) is 0 Å². The van der Waals surface area contributed by atoms with E-state index >= 15 is 0 Å². The van der Waals surface area contributed by atoms with Gasteiger partial charge in [-0.1, -0.05) is 19.1 Å². The number of nitrogens with one attached hydrogen (secondary N) is 3. The van der Waals surface area contributed by atoms with Gasteiger partial charge in [-0.15, -0.1) is 0 Å². The second-order valence-electron chi connectivity index (χ2n) is 4.60. The molecule has 0 aliphatic carbocycles. The van der Waals surface area contributed by atoms with Crippen LogP contribution in [0.4, 0.5) is 5.69 Å². The van der Waals surface area contributed by atoms with Crippen molar-refractivity contribution in [2.24, 2.45) is 0 Å². The Kier molecular flexibility index (Phi) is 4.52. The van der Waals surface area contributed by atoms with Gasteiger partial charge in [0.2, 0.25) is 11.8 Å². The Hall–Kier alpha value is -1.88. The summed E-state index contributed by atoms with van der Waals surface area (Å²) in [5.74, 6) is -0.262. The number of carbonyl (C=O) groups excluding carboxylic acids is 2. The van der Waals surface area contributed by atoms with Crippen molar-refractivity contribution in [3.8, 4) is 0 Å². The molecule has 1 aliphatic rings. The van der Waals surface area contributed by atoms with E-state index in [0.29, 0.717) is 13.1 Å². The van der Waals surface area contributed by atoms with Crippen LogP contribution in [0.1, 0.15) is 18.9 Å². The summed E-state index contributed by atoms with van der Waals surface area (Å²) in [5.41, 5.74) is 1.99. The van der Waals surface area contributed by atoms with Crippen molar-refractivity contribution in [1.29, 1.82) is 0 Å². The lowest BCUT2D eigenvalue weighted by Gasteiger charge is -2.22. The SMILES string of the molecule is CCc1ccc(NC(=O)C[C@H]2NCCNC2=O)cc1. The highest BCUT2D eigenvalue weighted by Crippen LogP contribution is 2.10. The van der Waals surface area contributed by atoms with Gasteiger partial charge in [-0.2, -0.15) is 0 Å². The van der Waals surface area contributed by atoms with E-state index in [0.717, 1.165) is 12.1 Å². The third kappa shape index (κ3) is 3.79. The summed E-state index contributed by atoms with van der Waals surface area (Å²) >= 11 is 0. The lowest BCUT2D eigenvalue weighted by Crippen LogP contribution is -2.53. The predicted octanol–water partition coefficient (Wildman–Crippen LogP) is 0.666. The molecule has 3 N–H and O–H groups in total. The second kappa shape index (κ2) is 6.33. The number of amides is 2. The zero-order chi connectivity index (χ0) is 13.7. The fraction of sp³-hybridized carbons (Fsp3) is 0.429. The first-order chi connectivity index (χ1) is 9.19. The van der Waals surface area contributed by atoms with Crippen molar-refractivity contribution < 1.29 is 9.59 Å². The number of hydrogen-bond donors (Lipinski definition) is 3. The number of benzene rings is 1. The summed E-state index contributed by atoms with van der Waals surface area (Å²) in [6.45, 7) is 3.41. The number of hydrogen-bond acceptors (Lipinski definition) is 3. The molecule has 0 bridgehead atoms. The quantitative estimate of drug-likeness (QED) is 0.746. The highest BCUT2D eigenvalue weighted by molar-refractivity contribution is 5.95. The molecule has 0 spiro atoms. The van der Waals surface area contributed by atoms with Gasteiger partial charge in [0.15, 0.2) is 0 Å². The van der Waals surface area contributed by atoms with Crippen LogP contribution in [-0.4, -0.2) is 30.9 Å². The van der Waals surface area contributed by atoms with E-state index < -0.39 is 6.04 Å². The normalized spacial score (nSPS) is 18.8. The van der Waals surface area contributed by atoms with Crippen LogP contribution in [0.5, 0.6) is 0 Å². The van der Waals surface area contributed by atoms with Gasteiger partial charge in [0.1, 0.15) is 0 Å². The van der Waals surface area contributed by atoms with Crippen molar-refractivity contribution in [3.05, 3.63) is 29.8 Å². The van der Waals surface area contributed by atoms with E-state index in [1.165, 1.54) is 5.56 Å². The van der Waals surface area contributed by atoms with E-state index in [2.05, 4.69) is 22.9 Å². The zero-order valence-electron chi connectivity index (χ0n) is 11.0. The molecule has 0 radical (unpaired) electrons. The van der Waals surface area contributed by atoms with Gasteiger partial charge >= 0.3 is 0 Å². The molecule has 1 heterocycles. The Morgan fingerprint density at radius 1 is 1.32 bits per heavy atom. The van der Waals surface area contributed by atoms with Crippen LogP contribution in [0, 0.1) is 0 Å². The molecule has 1 atom stereocenters. The van der Waals surface area contributed by atoms with Gasteiger partial charge in [-0.25, -0.2) is 0 Å². The minimum atomic E-state index is -0.427. The van der Waals surface area contributed by atoms with Crippen LogP contribution in [0.25, 0.3) is 0 Å². The van der Waals surface area contributed by atoms with E-state index in [9.17, 15) is 9.59 Å². The second-order valence-corrected chi connectivity index (χ2v) is 4.60. The van der Waals surface area contributed by atoms with Crippen molar-refractivity contribution in [3.63, 3.8) is 0 Å². The number of piperazine rings is 1. The summed E-state index contributed by atoms with van der Waals surface area (Å²) in [6.07, 6.45) is 1.13. The number of aryl methyl sites for hydroxylation is 1. The van der Waals surface area contributed by atoms with Gasteiger partial charge in [-0.3, -0.25) is 9.59 Å². The minimum Gasteiger partial charge on any atom is -0.353 e. The summed E-state index contributed by atoms with van der Waals surface area (Å²) in [4.78, 5) is 23.4. The van der Waals surface area contributed by atoms with Crippen molar-refractivity contribution >= 4 is 17.5 Å². The molecule has 0 saturated carbocycles. The topological polar surface area (TPSA) is 70.2 Å². The Morgan fingerprint density at radius 2 is 2.05 bits per heavy atom. The van der Waals surface area contributed by atoms with E-state index in [4.69, 9.17) is 0 Å². The molecule has 102 valence electrons. The highest BCUT2D eigenvalue weighted by atomic mass is 16.2. The molecule has 2 amide bonds. The largest absolute Gasteiger partial charge is 0.353 e. The van der Waals surface area contributed by atoms with Gasteiger partial charge in [0, 0.05) is 18.8 Å².